The van der Waals surface area contributed by atoms with Gasteiger partial charge in [-0.15, -0.1) is 0 Å². The van der Waals surface area contributed by atoms with Crippen LogP contribution in [-0.4, -0.2) is 17.5 Å². The minimum absolute atomic E-state index is 0.108. The second-order valence-corrected chi connectivity index (χ2v) is 8.13. The van der Waals surface area contributed by atoms with Gasteiger partial charge < -0.3 is 15.0 Å². The van der Waals surface area contributed by atoms with Crippen LogP contribution in [0.2, 0.25) is 0 Å². The van der Waals surface area contributed by atoms with Crippen molar-refractivity contribution in [3.8, 4) is 0 Å². The monoisotopic (exact) mass is 400 g/mol. The quantitative estimate of drug-likeness (QED) is 0.305. The maximum absolute atomic E-state index is 11.7. The van der Waals surface area contributed by atoms with E-state index < -0.39 is 0 Å². The Balaban J connectivity index is 1.69. The molecule has 0 radical (unpaired) electrons. The van der Waals surface area contributed by atoms with E-state index in [0.717, 1.165) is 37.1 Å². The summed E-state index contributed by atoms with van der Waals surface area (Å²) in [5.74, 6) is 0.546. The number of amides is 1. The van der Waals surface area contributed by atoms with E-state index in [4.69, 9.17) is 4.74 Å². The average molecular weight is 401 g/mol. The van der Waals surface area contributed by atoms with Crippen LogP contribution in [0.15, 0.2) is 29.7 Å². The van der Waals surface area contributed by atoms with Crippen molar-refractivity contribution in [3.05, 3.63) is 41.1 Å². The van der Waals surface area contributed by atoms with Crippen LogP contribution < -0.4 is 5.32 Å². The Bertz CT molecular complexity index is 658. The number of aromatic amines is 1. The van der Waals surface area contributed by atoms with Crippen molar-refractivity contribution < 1.29 is 9.53 Å². The van der Waals surface area contributed by atoms with Crippen LogP contribution in [0.25, 0.3) is 6.08 Å². The van der Waals surface area contributed by atoms with Gasteiger partial charge in [0.25, 0.3) is 5.91 Å². The number of rotatable bonds is 16. The lowest BCUT2D eigenvalue weighted by atomic mass is 10.1. The zero-order chi connectivity index (χ0) is 20.7. The summed E-state index contributed by atoms with van der Waals surface area (Å²) in [5, 5.41) is 2.87. The van der Waals surface area contributed by atoms with E-state index >= 15 is 0 Å². The van der Waals surface area contributed by atoms with Gasteiger partial charge in [0.1, 0.15) is 5.76 Å². The third-order valence-electron chi connectivity index (χ3n) is 5.41. The standard InChI is InChI=1S/C25H40N2O2/c1-3-5-7-8-9-10-11-12-13-15-21-16-17-22(26-21)19-23-24(20-25(28)27-23)29-18-14-6-4-2/h16-17,19-20,26H,3-15,18H2,1-2H3,(H,27,28). The molecule has 2 heterocycles. The minimum Gasteiger partial charge on any atom is -0.491 e. The largest absolute Gasteiger partial charge is 0.491 e. The number of aromatic nitrogens is 1. The number of nitrogens with one attached hydrogen (secondary N) is 2. The molecule has 0 spiro atoms. The van der Waals surface area contributed by atoms with Crippen LogP contribution in [0.1, 0.15) is 102 Å². The molecule has 1 aliphatic rings. The molecule has 2 N–H and O–H groups in total. The van der Waals surface area contributed by atoms with Crippen LogP contribution in [-0.2, 0) is 16.0 Å². The number of unbranched alkanes of at least 4 members (excludes halogenated alkanes) is 10. The third kappa shape index (κ3) is 9.38. The topological polar surface area (TPSA) is 54.1 Å². The Labute approximate surface area is 177 Å². The molecule has 0 fully saturated rings. The van der Waals surface area contributed by atoms with Crippen molar-refractivity contribution in [1.82, 2.24) is 10.3 Å². The Morgan fingerprint density at radius 2 is 1.52 bits per heavy atom. The average Bonchev–Trinajstić information content (AvgIpc) is 3.30. The van der Waals surface area contributed by atoms with Gasteiger partial charge in [0.05, 0.1) is 12.3 Å². The van der Waals surface area contributed by atoms with Gasteiger partial charge in [-0.3, -0.25) is 4.79 Å². The molecule has 0 saturated heterocycles. The maximum Gasteiger partial charge on any atom is 0.252 e. The Hall–Kier alpha value is -1.97. The molecule has 2 rings (SSSR count). The predicted molar refractivity (Wildman–Crippen MR) is 121 cm³/mol. The SMILES string of the molecule is CCCCCCCCCCCc1ccc(C=C2NC(=O)C=C2OCCCCC)[nH]1. The second kappa shape index (κ2) is 14.1. The van der Waals surface area contributed by atoms with Crippen molar-refractivity contribution in [3.63, 3.8) is 0 Å². The van der Waals surface area contributed by atoms with Gasteiger partial charge >= 0.3 is 0 Å². The second-order valence-electron chi connectivity index (χ2n) is 8.13. The van der Waals surface area contributed by atoms with Crippen LogP contribution in [0.3, 0.4) is 0 Å². The molecule has 0 saturated carbocycles. The van der Waals surface area contributed by atoms with Gasteiger partial charge in [-0.1, -0.05) is 78.1 Å². The van der Waals surface area contributed by atoms with Crippen molar-refractivity contribution in [2.24, 2.45) is 0 Å². The van der Waals surface area contributed by atoms with Crippen molar-refractivity contribution in [2.75, 3.05) is 6.61 Å². The number of carbonyl (C=O) groups excluding carboxylic acids is 1. The fourth-order valence-electron chi connectivity index (χ4n) is 3.66. The van der Waals surface area contributed by atoms with Gasteiger partial charge in [0, 0.05) is 17.5 Å². The minimum atomic E-state index is -0.108. The molecule has 0 atom stereocenters. The van der Waals surface area contributed by atoms with Crippen LogP contribution in [0, 0.1) is 0 Å². The molecule has 0 aliphatic carbocycles. The number of aryl methyl sites for hydroxylation is 1. The summed E-state index contributed by atoms with van der Waals surface area (Å²) in [6.45, 7) is 5.09. The fourth-order valence-corrected chi connectivity index (χ4v) is 3.66. The Morgan fingerprint density at radius 3 is 2.24 bits per heavy atom. The van der Waals surface area contributed by atoms with E-state index in [1.165, 1.54) is 63.5 Å². The van der Waals surface area contributed by atoms with E-state index in [1.807, 2.05) is 6.08 Å². The molecule has 1 amide bonds. The molecule has 29 heavy (non-hydrogen) atoms. The first kappa shape index (κ1) is 23.3. The molecule has 0 unspecified atom stereocenters. The summed E-state index contributed by atoms with van der Waals surface area (Å²) in [6, 6.07) is 4.23. The third-order valence-corrected chi connectivity index (χ3v) is 5.41. The zero-order valence-corrected chi connectivity index (χ0v) is 18.5. The van der Waals surface area contributed by atoms with Crippen molar-refractivity contribution in [1.29, 1.82) is 0 Å². The lowest BCUT2D eigenvalue weighted by Gasteiger charge is -2.08. The van der Waals surface area contributed by atoms with Gasteiger partial charge in [-0.25, -0.2) is 0 Å². The summed E-state index contributed by atoms with van der Waals surface area (Å²) in [5.41, 5.74) is 3.03. The molecule has 1 aromatic rings. The molecule has 0 bridgehead atoms. The first-order valence-electron chi connectivity index (χ1n) is 11.8. The summed E-state index contributed by atoms with van der Waals surface area (Å²) in [4.78, 5) is 15.2. The van der Waals surface area contributed by atoms with E-state index in [9.17, 15) is 4.79 Å². The van der Waals surface area contributed by atoms with Gasteiger partial charge in [0.2, 0.25) is 0 Å². The lowest BCUT2D eigenvalue weighted by molar-refractivity contribution is -0.115. The van der Waals surface area contributed by atoms with Gasteiger partial charge in [0.15, 0.2) is 0 Å². The van der Waals surface area contributed by atoms with Crippen LogP contribution in [0.4, 0.5) is 0 Å². The van der Waals surface area contributed by atoms with Crippen molar-refractivity contribution >= 4 is 12.0 Å². The molecule has 162 valence electrons. The summed E-state index contributed by atoms with van der Waals surface area (Å²) in [6.07, 6.45) is 20.1. The number of hydrogen-bond donors (Lipinski definition) is 2. The number of H-pyrrole nitrogens is 1. The lowest BCUT2D eigenvalue weighted by Crippen LogP contribution is -2.14. The fraction of sp³-hybridized carbons (Fsp3) is 0.640. The zero-order valence-electron chi connectivity index (χ0n) is 18.5. The molecular formula is C25H40N2O2. The molecule has 0 aromatic carbocycles. The van der Waals surface area contributed by atoms with Gasteiger partial charge in [-0.05, 0) is 37.5 Å². The Kier molecular flexibility index (Phi) is 11.3. The molecular weight excluding hydrogens is 360 g/mol. The maximum atomic E-state index is 11.7. The highest BCUT2D eigenvalue weighted by Gasteiger charge is 2.19. The van der Waals surface area contributed by atoms with E-state index in [0.29, 0.717) is 12.4 Å². The number of hydrogen-bond acceptors (Lipinski definition) is 2. The van der Waals surface area contributed by atoms with Gasteiger partial charge in [-0.2, -0.15) is 0 Å². The number of carbonyl (C=O) groups is 1. The highest BCUT2D eigenvalue weighted by molar-refractivity contribution is 5.95. The first-order valence-corrected chi connectivity index (χ1v) is 11.8. The smallest absolute Gasteiger partial charge is 0.252 e. The van der Waals surface area contributed by atoms with E-state index in [1.54, 1.807) is 6.08 Å². The number of ether oxygens (including phenoxy) is 1. The summed E-state index contributed by atoms with van der Waals surface area (Å²) < 4.78 is 5.80. The van der Waals surface area contributed by atoms with Crippen LogP contribution >= 0.6 is 0 Å². The van der Waals surface area contributed by atoms with Crippen molar-refractivity contribution in [2.45, 2.75) is 97.3 Å². The van der Waals surface area contributed by atoms with Crippen LogP contribution in [0.5, 0.6) is 0 Å². The highest BCUT2D eigenvalue weighted by Crippen LogP contribution is 2.19. The Morgan fingerprint density at radius 1 is 0.862 bits per heavy atom. The highest BCUT2D eigenvalue weighted by atomic mass is 16.5. The normalized spacial score (nSPS) is 15.0. The molecule has 4 heteroatoms. The molecule has 1 aliphatic heterocycles. The molecule has 4 nitrogen and oxygen atoms in total. The molecule has 1 aromatic heterocycles. The first-order chi connectivity index (χ1) is 14.2. The predicted octanol–water partition coefficient (Wildman–Crippen LogP) is 6.65. The summed E-state index contributed by atoms with van der Waals surface area (Å²) >= 11 is 0. The van der Waals surface area contributed by atoms with E-state index in [2.05, 4.69) is 36.3 Å². The van der Waals surface area contributed by atoms with E-state index in [-0.39, 0.29) is 5.91 Å². The summed E-state index contributed by atoms with van der Waals surface area (Å²) in [7, 11) is 0.